The Morgan fingerprint density at radius 1 is 1.37 bits per heavy atom. The minimum Gasteiger partial charge on any atom is -0.379 e. The number of hydrogen-bond acceptors (Lipinski definition) is 4. The van der Waals surface area contributed by atoms with Gasteiger partial charge in [0.25, 0.3) is 5.69 Å². The number of benzene rings is 1. The van der Waals surface area contributed by atoms with E-state index in [1.54, 1.807) is 6.07 Å². The lowest BCUT2D eigenvalue weighted by atomic mass is 9.84. The second-order valence-corrected chi connectivity index (χ2v) is 5.72. The van der Waals surface area contributed by atoms with Crippen molar-refractivity contribution >= 4 is 23.0 Å². The molecule has 0 amide bonds. The van der Waals surface area contributed by atoms with Gasteiger partial charge in [-0.25, -0.2) is 0 Å². The van der Waals surface area contributed by atoms with Crippen LogP contribution in [0.1, 0.15) is 12.8 Å². The van der Waals surface area contributed by atoms with Gasteiger partial charge in [-0.1, -0.05) is 11.6 Å². The topological polar surface area (TPSA) is 58.4 Å². The number of hydrogen-bond donors (Lipinski definition) is 1. The number of piperidine rings is 3. The van der Waals surface area contributed by atoms with Crippen molar-refractivity contribution in [1.29, 1.82) is 0 Å². The average Bonchev–Trinajstić information content (AvgIpc) is 2.42. The largest absolute Gasteiger partial charge is 0.379 e. The van der Waals surface area contributed by atoms with Crippen molar-refractivity contribution in [2.24, 2.45) is 5.92 Å². The fourth-order valence-corrected chi connectivity index (χ4v) is 3.24. The van der Waals surface area contributed by atoms with E-state index in [0.29, 0.717) is 22.7 Å². The summed E-state index contributed by atoms with van der Waals surface area (Å²) in [5, 5.41) is 14.8. The number of rotatable bonds is 3. The summed E-state index contributed by atoms with van der Waals surface area (Å²) in [5.41, 5.74) is 0.753. The minimum atomic E-state index is -0.391. The molecule has 1 aromatic carbocycles. The predicted octanol–water partition coefficient (Wildman–Crippen LogP) is 2.75. The first-order chi connectivity index (χ1) is 9.13. The maximum absolute atomic E-state index is 10.8. The molecule has 3 aliphatic heterocycles. The normalized spacial score (nSPS) is 29.2. The highest BCUT2D eigenvalue weighted by molar-refractivity contribution is 6.33. The van der Waals surface area contributed by atoms with Crippen LogP contribution in [-0.4, -0.2) is 35.5 Å². The van der Waals surface area contributed by atoms with E-state index in [-0.39, 0.29) is 5.69 Å². The molecule has 4 rings (SSSR count). The van der Waals surface area contributed by atoms with E-state index in [9.17, 15) is 10.1 Å². The van der Waals surface area contributed by atoms with E-state index in [0.717, 1.165) is 6.54 Å². The van der Waals surface area contributed by atoms with Gasteiger partial charge in [0, 0.05) is 24.7 Å². The van der Waals surface area contributed by atoms with Gasteiger partial charge in [0.05, 0.1) is 15.6 Å². The molecular weight excluding hydrogens is 266 g/mol. The van der Waals surface area contributed by atoms with Crippen LogP contribution in [0.5, 0.6) is 0 Å². The Hall–Kier alpha value is -1.33. The number of nitro benzene ring substituents is 1. The van der Waals surface area contributed by atoms with E-state index >= 15 is 0 Å². The molecule has 1 unspecified atom stereocenters. The van der Waals surface area contributed by atoms with Gasteiger partial charge in [-0.3, -0.25) is 10.1 Å². The van der Waals surface area contributed by atoms with Crippen LogP contribution in [0.2, 0.25) is 5.02 Å². The van der Waals surface area contributed by atoms with Crippen LogP contribution in [0.15, 0.2) is 18.2 Å². The number of nitrogens with zero attached hydrogens (tertiary/aromatic N) is 2. The number of anilines is 1. The molecule has 6 heteroatoms. The van der Waals surface area contributed by atoms with Gasteiger partial charge in [-0.2, -0.15) is 0 Å². The van der Waals surface area contributed by atoms with Crippen molar-refractivity contribution < 1.29 is 4.92 Å². The number of halogens is 1. The molecule has 1 N–H and O–H groups in total. The molecule has 19 heavy (non-hydrogen) atoms. The fourth-order valence-electron chi connectivity index (χ4n) is 3.07. The SMILES string of the molecule is O=[N+]([O-])c1ccc(Cl)c(NC2CN3CCC2CC3)c1. The van der Waals surface area contributed by atoms with Crippen molar-refractivity contribution in [3.63, 3.8) is 0 Å². The third kappa shape index (κ3) is 2.53. The Morgan fingerprint density at radius 3 is 2.68 bits per heavy atom. The molecule has 3 saturated heterocycles. The van der Waals surface area contributed by atoms with E-state index in [1.165, 1.54) is 38.1 Å². The summed E-state index contributed by atoms with van der Waals surface area (Å²) in [6.45, 7) is 3.35. The lowest BCUT2D eigenvalue weighted by Gasteiger charge is -2.45. The highest BCUT2D eigenvalue weighted by atomic mass is 35.5. The van der Waals surface area contributed by atoms with Gasteiger partial charge < -0.3 is 10.2 Å². The average molecular weight is 282 g/mol. The first kappa shape index (κ1) is 12.7. The molecule has 1 aromatic rings. The van der Waals surface area contributed by atoms with Crippen LogP contribution in [-0.2, 0) is 0 Å². The number of nitro groups is 1. The lowest BCUT2D eigenvalue weighted by Crippen LogP contribution is -2.53. The van der Waals surface area contributed by atoms with Crippen LogP contribution >= 0.6 is 11.6 Å². The molecule has 0 aromatic heterocycles. The third-order valence-corrected chi connectivity index (χ3v) is 4.49. The van der Waals surface area contributed by atoms with Crippen LogP contribution in [0.3, 0.4) is 0 Å². The van der Waals surface area contributed by atoms with Gasteiger partial charge in [-0.05, 0) is 37.9 Å². The Morgan fingerprint density at radius 2 is 2.11 bits per heavy atom. The van der Waals surface area contributed by atoms with Crippen molar-refractivity contribution in [3.8, 4) is 0 Å². The number of fused-ring (bicyclic) bond motifs is 3. The molecule has 0 radical (unpaired) electrons. The summed E-state index contributed by atoms with van der Waals surface area (Å²) in [6, 6.07) is 4.90. The molecule has 5 nitrogen and oxygen atoms in total. The van der Waals surface area contributed by atoms with E-state index in [2.05, 4.69) is 10.2 Å². The van der Waals surface area contributed by atoms with Crippen LogP contribution in [0, 0.1) is 16.0 Å². The Labute approximate surface area is 116 Å². The standard InChI is InChI=1S/C13H16ClN3O2/c14-11-2-1-10(17(18)19)7-12(11)15-13-8-16-5-3-9(13)4-6-16/h1-2,7,9,13,15H,3-6,8H2. The maximum Gasteiger partial charge on any atom is 0.271 e. The zero-order valence-electron chi connectivity index (χ0n) is 10.5. The van der Waals surface area contributed by atoms with Crippen LogP contribution in [0.4, 0.5) is 11.4 Å². The van der Waals surface area contributed by atoms with Crippen molar-refractivity contribution in [1.82, 2.24) is 4.90 Å². The zero-order chi connectivity index (χ0) is 13.4. The Kier molecular flexibility index (Phi) is 3.33. The molecular formula is C13H16ClN3O2. The molecule has 0 aliphatic carbocycles. The summed E-state index contributed by atoms with van der Waals surface area (Å²) in [7, 11) is 0. The molecule has 102 valence electrons. The molecule has 3 heterocycles. The maximum atomic E-state index is 10.8. The number of nitrogens with one attached hydrogen (secondary N) is 1. The second kappa shape index (κ2) is 4.98. The molecule has 2 bridgehead atoms. The van der Waals surface area contributed by atoms with Gasteiger partial charge in [0.15, 0.2) is 0 Å². The number of non-ortho nitro benzene ring substituents is 1. The Bertz CT molecular complexity index is 501. The van der Waals surface area contributed by atoms with Gasteiger partial charge in [0.2, 0.25) is 0 Å². The summed E-state index contributed by atoms with van der Waals surface area (Å²) < 4.78 is 0. The van der Waals surface area contributed by atoms with Crippen molar-refractivity contribution in [3.05, 3.63) is 33.3 Å². The lowest BCUT2D eigenvalue weighted by molar-refractivity contribution is -0.384. The van der Waals surface area contributed by atoms with Gasteiger partial charge in [0.1, 0.15) is 0 Å². The van der Waals surface area contributed by atoms with Gasteiger partial charge >= 0.3 is 0 Å². The second-order valence-electron chi connectivity index (χ2n) is 5.31. The van der Waals surface area contributed by atoms with Crippen molar-refractivity contribution in [2.45, 2.75) is 18.9 Å². The predicted molar refractivity (Wildman–Crippen MR) is 74.7 cm³/mol. The highest BCUT2D eigenvalue weighted by Crippen LogP contribution is 2.33. The smallest absolute Gasteiger partial charge is 0.271 e. The Balaban J connectivity index is 1.79. The zero-order valence-corrected chi connectivity index (χ0v) is 11.3. The monoisotopic (exact) mass is 281 g/mol. The molecule has 3 aliphatic rings. The molecule has 3 fully saturated rings. The van der Waals surface area contributed by atoms with E-state index in [4.69, 9.17) is 11.6 Å². The van der Waals surface area contributed by atoms with E-state index in [1.807, 2.05) is 0 Å². The van der Waals surface area contributed by atoms with Gasteiger partial charge in [-0.15, -0.1) is 0 Å². The minimum absolute atomic E-state index is 0.0770. The summed E-state index contributed by atoms with van der Waals surface area (Å²) in [4.78, 5) is 12.9. The summed E-state index contributed by atoms with van der Waals surface area (Å²) in [5.74, 6) is 0.653. The quantitative estimate of drug-likeness (QED) is 0.684. The molecule has 1 atom stereocenters. The molecule has 0 spiro atoms. The highest BCUT2D eigenvalue weighted by Gasteiger charge is 2.34. The molecule has 0 saturated carbocycles. The van der Waals surface area contributed by atoms with Crippen LogP contribution in [0.25, 0.3) is 0 Å². The summed E-state index contributed by atoms with van der Waals surface area (Å²) >= 11 is 6.12. The van der Waals surface area contributed by atoms with E-state index < -0.39 is 4.92 Å². The fraction of sp³-hybridized carbons (Fsp3) is 0.538. The third-order valence-electron chi connectivity index (χ3n) is 4.16. The first-order valence-electron chi connectivity index (χ1n) is 6.56. The van der Waals surface area contributed by atoms with Crippen molar-refractivity contribution in [2.75, 3.05) is 25.0 Å². The van der Waals surface area contributed by atoms with Crippen LogP contribution < -0.4 is 5.32 Å². The first-order valence-corrected chi connectivity index (χ1v) is 6.94. The summed E-state index contributed by atoms with van der Waals surface area (Å²) in [6.07, 6.45) is 2.40.